The van der Waals surface area contributed by atoms with E-state index >= 15 is 0 Å². The van der Waals surface area contributed by atoms with Gasteiger partial charge >= 0.3 is 0 Å². The number of likely N-dealkylation sites (tertiary alicyclic amines) is 1. The number of hydrogen-bond donors (Lipinski definition) is 0. The van der Waals surface area contributed by atoms with Gasteiger partial charge in [0.25, 0.3) is 5.91 Å². The first-order chi connectivity index (χ1) is 7.18. The number of rotatable bonds is 1. The first-order valence-electron chi connectivity index (χ1n) is 5.53. The maximum atomic E-state index is 12.1. The molecule has 1 aromatic carbocycles. The molecule has 0 bridgehead atoms. The highest BCUT2D eigenvalue weighted by molar-refractivity contribution is 5.94. The minimum atomic E-state index is 0.173. The van der Waals surface area contributed by atoms with Crippen LogP contribution in [0, 0.1) is 11.8 Å². The molecule has 80 valence electrons. The maximum Gasteiger partial charge on any atom is 0.253 e. The average molecular weight is 203 g/mol. The third-order valence-electron chi connectivity index (χ3n) is 3.30. The lowest BCUT2D eigenvalue weighted by molar-refractivity contribution is 0.0785. The van der Waals surface area contributed by atoms with E-state index in [2.05, 4.69) is 13.8 Å². The van der Waals surface area contributed by atoms with Gasteiger partial charge in [-0.3, -0.25) is 4.79 Å². The van der Waals surface area contributed by atoms with Gasteiger partial charge in [-0.05, 0) is 24.0 Å². The molecule has 2 atom stereocenters. The Bertz CT molecular complexity index is 337. The Morgan fingerprint density at radius 1 is 1.13 bits per heavy atom. The molecule has 1 amide bonds. The Balaban J connectivity index is 2.10. The SMILES string of the molecule is C[C@@H]1CN(C(=O)c2ccccc2)C[C@@H]1C. The molecular weight excluding hydrogens is 186 g/mol. The Morgan fingerprint density at radius 2 is 1.67 bits per heavy atom. The second-order valence-electron chi connectivity index (χ2n) is 4.53. The first kappa shape index (κ1) is 10.2. The summed E-state index contributed by atoms with van der Waals surface area (Å²) in [7, 11) is 0. The second kappa shape index (κ2) is 4.05. The van der Waals surface area contributed by atoms with Crippen molar-refractivity contribution in [2.45, 2.75) is 13.8 Å². The zero-order chi connectivity index (χ0) is 10.8. The van der Waals surface area contributed by atoms with Crippen LogP contribution in [0.15, 0.2) is 30.3 Å². The van der Waals surface area contributed by atoms with Crippen molar-refractivity contribution in [3.8, 4) is 0 Å². The number of nitrogens with zero attached hydrogens (tertiary/aromatic N) is 1. The molecule has 2 rings (SSSR count). The summed E-state index contributed by atoms with van der Waals surface area (Å²) in [6, 6.07) is 9.53. The fourth-order valence-corrected chi connectivity index (χ4v) is 2.06. The van der Waals surface area contributed by atoms with Crippen molar-refractivity contribution in [2.75, 3.05) is 13.1 Å². The highest BCUT2D eigenvalue weighted by Gasteiger charge is 2.29. The van der Waals surface area contributed by atoms with Gasteiger partial charge in [-0.15, -0.1) is 0 Å². The van der Waals surface area contributed by atoms with Crippen LogP contribution in [0.1, 0.15) is 24.2 Å². The van der Waals surface area contributed by atoms with Gasteiger partial charge in [0.1, 0.15) is 0 Å². The van der Waals surface area contributed by atoms with E-state index in [-0.39, 0.29) is 5.91 Å². The topological polar surface area (TPSA) is 20.3 Å². The average Bonchev–Trinajstić information content (AvgIpc) is 2.59. The minimum absolute atomic E-state index is 0.173. The van der Waals surface area contributed by atoms with E-state index in [9.17, 15) is 4.79 Å². The second-order valence-corrected chi connectivity index (χ2v) is 4.53. The molecule has 0 spiro atoms. The van der Waals surface area contributed by atoms with Crippen LogP contribution in [0.3, 0.4) is 0 Å². The number of hydrogen-bond acceptors (Lipinski definition) is 1. The fraction of sp³-hybridized carbons (Fsp3) is 0.462. The van der Waals surface area contributed by atoms with Crippen molar-refractivity contribution in [3.63, 3.8) is 0 Å². The molecule has 1 aliphatic heterocycles. The molecule has 1 fully saturated rings. The van der Waals surface area contributed by atoms with E-state index in [4.69, 9.17) is 0 Å². The Hall–Kier alpha value is -1.31. The van der Waals surface area contributed by atoms with Crippen LogP contribution in [0.5, 0.6) is 0 Å². The zero-order valence-electron chi connectivity index (χ0n) is 9.31. The van der Waals surface area contributed by atoms with Crippen LogP contribution in [-0.2, 0) is 0 Å². The lowest BCUT2D eigenvalue weighted by atomic mass is 10.0. The molecule has 1 aromatic rings. The molecule has 2 nitrogen and oxygen atoms in total. The van der Waals surface area contributed by atoms with Crippen molar-refractivity contribution in [1.82, 2.24) is 4.90 Å². The predicted molar refractivity (Wildman–Crippen MR) is 60.7 cm³/mol. The molecule has 1 heterocycles. The lowest BCUT2D eigenvalue weighted by Crippen LogP contribution is -2.28. The monoisotopic (exact) mass is 203 g/mol. The summed E-state index contributed by atoms with van der Waals surface area (Å²) in [5.74, 6) is 1.42. The summed E-state index contributed by atoms with van der Waals surface area (Å²) in [5, 5.41) is 0. The molecule has 0 aliphatic carbocycles. The predicted octanol–water partition coefficient (Wildman–Crippen LogP) is 2.41. The zero-order valence-corrected chi connectivity index (χ0v) is 9.31. The number of carbonyl (C=O) groups is 1. The van der Waals surface area contributed by atoms with Gasteiger partial charge in [0.2, 0.25) is 0 Å². The molecule has 1 saturated heterocycles. The molecule has 1 aliphatic rings. The number of benzene rings is 1. The standard InChI is InChI=1S/C13H17NO/c1-10-8-14(9-11(10)2)13(15)12-6-4-3-5-7-12/h3-7,10-11H,8-9H2,1-2H3/t10-,11+. The van der Waals surface area contributed by atoms with E-state index in [1.165, 1.54) is 0 Å². The van der Waals surface area contributed by atoms with E-state index in [1.54, 1.807) is 0 Å². The molecule has 2 heteroatoms. The first-order valence-corrected chi connectivity index (χ1v) is 5.53. The highest BCUT2D eigenvalue weighted by Crippen LogP contribution is 2.23. The van der Waals surface area contributed by atoms with Crippen LogP contribution in [-0.4, -0.2) is 23.9 Å². The van der Waals surface area contributed by atoms with Crippen LogP contribution < -0.4 is 0 Å². The Morgan fingerprint density at radius 3 is 2.20 bits per heavy atom. The van der Waals surface area contributed by atoms with Gasteiger partial charge in [-0.25, -0.2) is 0 Å². The van der Waals surface area contributed by atoms with Gasteiger partial charge in [0, 0.05) is 18.7 Å². The molecule has 0 aromatic heterocycles. The summed E-state index contributed by atoms with van der Waals surface area (Å²) < 4.78 is 0. The van der Waals surface area contributed by atoms with Crippen molar-refractivity contribution in [2.24, 2.45) is 11.8 Å². The van der Waals surface area contributed by atoms with E-state index in [1.807, 2.05) is 35.2 Å². The van der Waals surface area contributed by atoms with Gasteiger partial charge in [0.05, 0.1) is 0 Å². The van der Waals surface area contributed by atoms with Gasteiger partial charge in [-0.1, -0.05) is 32.0 Å². The summed E-state index contributed by atoms with van der Waals surface area (Å²) in [6.07, 6.45) is 0. The molecule has 0 unspecified atom stereocenters. The van der Waals surface area contributed by atoms with Crippen LogP contribution in [0.4, 0.5) is 0 Å². The third-order valence-corrected chi connectivity index (χ3v) is 3.30. The molecule has 0 radical (unpaired) electrons. The maximum absolute atomic E-state index is 12.1. The highest BCUT2D eigenvalue weighted by atomic mass is 16.2. The fourth-order valence-electron chi connectivity index (χ4n) is 2.06. The Labute approximate surface area is 90.9 Å². The third kappa shape index (κ3) is 2.04. The molecule has 0 saturated carbocycles. The molecule has 0 N–H and O–H groups in total. The van der Waals surface area contributed by atoms with Gasteiger partial charge in [-0.2, -0.15) is 0 Å². The summed E-state index contributed by atoms with van der Waals surface area (Å²) in [5.41, 5.74) is 0.804. The molecular formula is C13H17NO. The number of amides is 1. The van der Waals surface area contributed by atoms with Gasteiger partial charge in [0.15, 0.2) is 0 Å². The van der Waals surface area contributed by atoms with Crippen molar-refractivity contribution < 1.29 is 4.79 Å². The van der Waals surface area contributed by atoms with Crippen LogP contribution in [0.25, 0.3) is 0 Å². The van der Waals surface area contributed by atoms with Crippen molar-refractivity contribution in [1.29, 1.82) is 0 Å². The molecule has 15 heavy (non-hydrogen) atoms. The Kier molecular flexibility index (Phi) is 2.76. The van der Waals surface area contributed by atoms with Gasteiger partial charge < -0.3 is 4.90 Å². The quantitative estimate of drug-likeness (QED) is 0.686. The van der Waals surface area contributed by atoms with Crippen LogP contribution >= 0.6 is 0 Å². The van der Waals surface area contributed by atoms with E-state index in [0.717, 1.165) is 18.7 Å². The van der Waals surface area contributed by atoms with E-state index < -0.39 is 0 Å². The largest absolute Gasteiger partial charge is 0.338 e. The summed E-state index contributed by atoms with van der Waals surface area (Å²) in [6.45, 7) is 6.22. The number of carbonyl (C=O) groups excluding carboxylic acids is 1. The minimum Gasteiger partial charge on any atom is -0.338 e. The normalized spacial score (nSPS) is 25.6. The summed E-state index contributed by atoms with van der Waals surface area (Å²) >= 11 is 0. The van der Waals surface area contributed by atoms with Crippen molar-refractivity contribution in [3.05, 3.63) is 35.9 Å². The van der Waals surface area contributed by atoms with Crippen molar-refractivity contribution >= 4 is 5.91 Å². The lowest BCUT2D eigenvalue weighted by Gasteiger charge is -2.15. The summed E-state index contributed by atoms with van der Waals surface area (Å²) in [4.78, 5) is 14.0. The van der Waals surface area contributed by atoms with Crippen LogP contribution in [0.2, 0.25) is 0 Å². The van der Waals surface area contributed by atoms with E-state index in [0.29, 0.717) is 11.8 Å². The smallest absolute Gasteiger partial charge is 0.253 e.